The number of phenolic OH excluding ortho intramolecular Hbond substituents is 1. The van der Waals surface area contributed by atoms with Crippen molar-refractivity contribution in [3.8, 4) is 17.0 Å². The van der Waals surface area contributed by atoms with Crippen molar-refractivity contribution in [3.63, 3.8) is 0 Å². The first-order chi connectivity index (χ1) is 9.70. The number of nitrogens with zero attached hydrogens (tertiary/aromatic N) is 1. The van der Waals surface area contributed by atoms with Gasteiger partial charge in [-0.1, -0.05) is 0 Å². The molecule has 0 spiro atoms. The molecular weight excluding hydrogens is 258 g/mol. The molecule has 6 nitrogen and oxygen atoms in total. The van der Waals surface area contributed by atoms with Gasteiger partial charge in [-0.3, -0.25) is 9.89 Å². The number of rotatable bonds is 3. The molecule has 1 amide bonds. The van der Waals surface area contributed by atoms with Crippen LogP contribution >= 0.6 is 0 Å². The van der Waals surface area contributed by atoms with Crippen LogP contribution in [0.1, 0.15) is 21.6 Å². The third-order valence-corrected chi connectivity index (χ3v) is 3.48. The molecule has 4 N–H and O–H groups in total. The fraction of sp³-hybridized carbons (Fsp3) is 0.286. The highest BCUT2D eigenvalue weighted by Crippen LogP contribution is 2.35. The van der Waals surface area contributed by atoms with Crippen molar-refractivity contribution >= 4 is 5.91 Å². The number of fused-ring (bicyclic) bond motifs is 3. The van der Waals surface area contributed by atoms with Crippen LogP contribution in [0.15, 0.2) is 18.2 Å². The first kappa shape index (κ1) is 12.7. The molecule has 1 aliphatic rings. The SMILES string of the molecule is O=C(NCCO)c1[nH]nc2c1CCc1cc(O)ccc1-2. The maximum absolute atomic E-state index is 12.0. The minimum atomic E-state index is -0.255. The number of aromatic amines is 1. The molecule has 2 aromatic rings. The Morgan fingerprint density at radius 1 is 1.40 bits per heavy atom. The van der Waals surface area contributed by atoms with Crippen LogP contribution in [-0.2, 0) is 12.8 Å². The lowest BCUT2D eigenvalue weighted by Gasteiger charge is -2.16. The first-order valence-electron chi connectivity index (χ1n) is 6.49. The topological polar surface area (TPSA) is 98.2 Å². The minimum Gasteiger partial charge on any atom is -0.508 e. The molecule has 1 aromatic carbocycles. The predicted molar refractivity (Wildman–Crippen MR) is 72.5 cm³/mol. The molecule has 0 aliphatic heterocycles. The van der Waals surface area contributed by atoms with Crippen molar-refractivity contribution in [1.29, 1.82) is 0 Å². The summed E-state index contributed by atoms with van der Waals surface area (Å²) in [7, 11) is 0. The zero-order chi connectivity index (χ0) is 14.1. The van der Waals surface area contributed by atoms with E-state index in [1.165, 1.54) is 0 Å². The molecular formula is C14H15N3O3. The van der Waals surface area contributed by atoms with Crippen molar-refractivity contribution < 1.29 is 15.0 Å². The fourth-order valence-electron chi connectivity index (χ4n) is 2.55. The van der Waals surface area contributed by atoms with Crippen LogP contribution in [0.5, 0.6) is 5.75 Å². The van der Waals surface area contributed by atoms with Crippen molar-refractivity contribution in [3.05, 3.63) is 35.0 Å². The molecule has 0 saturated heterocycles. The molecule has 3 rings (SSSR count). The fourth-order valence-corrected chi connectivity index (χ4v) is 2.55. The summed E-state index contributed by atoms with van der Waals surface area (Å²) >= 11 is 0. The van der Waals surface area contributed by atoms with Gasteiger partial charge in [-0.15, -0.1) is 0 Å². The highest BCUT2D eigenvalue weighted by Gasteiger charge is 2.25. The Hall–Kier alpha value is -2.34. The number of H-pyrrole nitrogens is 1. The van der Waals surface area contributed by atoms with Crippen molar-refractivity contribution in [2.75, 3.05) is 13.2 Å². The number of aromatic hydroxyl groups is 1. The second-order valence-electron chi connectivity index (χ2n) is 4.75. The summed E-state index contributed by atoms with van der Waals surface area (Å²) in [5, 5.41) is 27.9. The van der Waals surface area contributed by atoms with Gasteiger partial charge in [0.2, 0.25) is 0 Å². The molecule has 6 heteroatoms. The average molecular weight is 273 g/mol. The second kappa shape index (κ2) is 4.97. The number of aromatic nitrogens is 2. The van der Waals surface area contributed by atoms with Gasteiger partial charge in [0.15, 0.2) is 0 Å². The van der Waals surface area contributed by atoms with Gasteiger partial charge in [0.1, 0.15) is 11.4 Å². The maximum atomic E-state index is 12.0. The van der Waals surface area contributed by atoms with Gasteiger partial charge < -0.3 is 15.5 Å². The predicted octanol–water partition coefficient (Wildman–Crippen LogP) is 0.603. The summed E-state index contributed by atoms with van der Waals surface area (Å²) in [4.78, 5) is 12.0. The van der Waals surface area contributed by atoms with E-state index < -0.39 is 0 Å². The van der Waals surface area contributed by atoms with Crippen LogP contribution in [-0.4, -0.2) is 39.5 Å². The Balaban J connectivity index is 1.98. The Labute approximate surface area is 115 Å². The number of carbonyl (C=O) groups excluding carboxylic acids is 1. The summed E-state index contributed by atoms with van der Waals surface area (Å²) in [5.41, 5.74) is 4.08. The number of phenols is 1. The highest BCUT2D eigenvalue weighted by molar-refractivity contribution is 5.96. The minimum absolute atomic E-state index is 0.0931. The molecule has 0 unspecified atom stereocenters. The van der Waals surface area contributed by atoms with E-state index in [4.69, 9.17) is 5.11 Å². The zero-order valence-corrected chi connectivity index (χ0v) is 10.8. The summed E-state index contributed by atoms with van der Waals surface area (Å²) < 4.78 is 0. The number of aliphatic hydroxyl groups excluding tert-OH is 1. The second-order valence-corrected chi connectivity index (χ2v) is 4.75. The molecule has 0 fully saturated rings. The maximum Gasteiger partial charge on any atom is 0.269 e. The smallest absolute Gasteiger partial charge is 0.269 e. The van der Waals surface area contributed by atoms with E-state index in [0.717, 1.165) is 28.8 Å². The van der Waals surface area contributed by atoms with Crippen molar-refractivity contribution in [2.24, 2.45) is 0 Å². The largest absolute Gasteiger partial charge is 0.508 e. The lowest BCUT2D eigenvalue weighted by Crippen LogP contribution is -2.27. The van der Waals surface area contributed by atoms with Crippen LogP contribution in [0.4, 0.5) is 0 Å². The van der Waals surface area contributed by atoms with Crippen molar-refractivity contribution in [2.45, 2.75) is 12.8 Å². The van der Waals surface area contributed by atoms with Gasteiger partial charge >= 0.3 is 0 Å². The van der Waals surface area contributed by atoms with Gasteiger partial charge in [0.25, 0.3) is 5.91 Å². The average Bonchev–Trinajstić information content (AvgIpc) is 2.88. The van der Waals surface area contributed by atoms with Gasteiger partial charge in [0.05, 0.1) is 12.3 Å². The summed E-state index contributed by atoms with van der Waals surface area (Å²) in [6.07, 6.45) is 1.46. The first-order valence-corrected chi connectivity index (χ1v) is 6.49. The number of hydrogen-bond acceptors (Lipinski definition) is 4. The number of nitrogens with one attached hydrogen (secondary N) is 2. The zero-order valence-electron chi connectivity index (χ0n) is 10.8. The van der Waals surface area contributed by atoms with E-state index in [1.54, 1.807) is 12.1 Å². The number of aryl methyl sites for hydroxylation is 1. The number of amides is 1. The Morgan fingerprint density at radius 3 is 3.05 bits per heavy atom. The van der Waals surface area contributed by atoms with Crippen molar-refractivity contribution in [1.82, 2.24) is 15.5 Å². The van der Waals surface area contributed by atoms with E-state index in [-0.39, 0.29) is 24.8 Å². The molecule has 1 heterocycles. The number of carbonyl (C=O) groups is 1. The van der Waals surface area contributed by atoms with Gasteiger partial charge in [-0.2, -0.15) is 5.10 Å². The van der Waals surface area contributed by atoms with E-state index in [9.17, 15) is 9.90 Å². The van der Waals surface area contributed by atoms with Crippen LogP contribution < -0.4 is 5.32 Å². The molecule has 0 atom stereocenters. The molecule has 104 valence electrons. The normalized spacial score (nSPS) is 12.7. The number of hydrogen-bond donors (Lipinski definition) is 4. The lowest BCUT2D eigenvalue weighted by atomic mass is 9.89. The molecule has 20 heavy (non-hydrogen) atoms. The van der Waals surface area contributed by atoms with E-state index in [0.29, 0.717) is 12.1 Å². The summed E-state index contributed by atoms with van der Waals surface area (Å²) in [5.74, 6) is -0.0151. The molecule has 1 aromatic heterocycles. The Morgan fingerprint density at radius 2 is 2.25 bits per heavy atom. The van der Waals surface area contributed by atoms with Gasteiger partial charge in [-0.05, 0) is 36.6 Å². The highest BCUT2D eigenvalue weighted by atomic mass is 16.3. The van der Waals surface area contributed by atoms with E-state index in [2.05, 4.69) is 15.5 Å². The third-order valence-electron chi connectivity index (χ3n) is 3.48. The quantitative estimate of drug-likeness (QED) is 0.658. The molecule has 1 aliphatic carbocycles. The Kier molecular flexibility index (Phi) is 3.15. The van der Waals surface area contributed by atoms with Gasteiger partial charge in [-0.25, -0.2) is 0 Å². The monoisotopic (exact) mass is 273 g/mol. The molecule has 0 radical (unpaired) electrons. The van der Waals surface area contributed by atoms with Crippen LogP contribution in [0, 0.1) is 0 Å². The molecule has 0 bridgehead atoms. The Bertz CT molecular complexity index is 664. The van der Waals surface area contributed by atoms with E-state index >= 15 is 0 Å². The third kappa shape index (κ3) is 2.04. The van der Waals surface area contributed by atoms with E-state index in [1.807, 2.05) is 6.07 Å². The van der Waals surface area contributed by atoms with Crippen LogP contribution in [0.2, 0.25) is 0 Å². The summed E-state index contributed by atoms with van der Waals surface area (Å²) in [6.45, 7) is 0.126. The lowest BCUT2D eigenvalue weighted by molar-refractivity contribution is 0.0939. The van der Waals surface area contributed by atoms with Crippen LogP contribution in [0.25, 0.3) is 11.3 Å². The van der Waals surface area contributed by atoms with Crippen LogP contribution in [0.3, 0.4) is 0 Å². The number of aliphatic hydroxyl groups is 1. The van der Waals surface area contributed by atoms with Gasteiger partial charge in [0, 0.05) is 17.7 Å². The molecule has 0 saturated carbocycles. The number of benzene rings is 1. The standard InChI is InChI=1S/C14H15N3O3/c18-6-5-15-14(20)13-11-3-1-8-7-9(19)2-4-10(8)12(11)16-17-13/h2,4,7,18-19H,1,3,5-6H2,(H,15,20)(H,16,17). The summed E-state index contributed by atoms with van der Waals surface area (Å²) in [6, 6.07) is 5.17.